The molecule has 1 aromatic heterocycles. The molecule has 0 radical (unpaired) electrons. The Kier molecular flexibility index (Phi) is 1.49. The summed E-state index contributed by atoms with van der Waals surface area (Å²) in [6, 6.07) is 3.45. The van der Waals surface area contributed by atoms with Gasteiger partial charge in [-0.25, -0.2) is 8.78 Å². The van der Waals surface area contributed by atoms with Crippen molar-refractivity contribution in [3.8, 4) is 0 Å². The molecule has 4 heteroatoms. The van der Waals surface area contributed by atoms with Crippen LogP contribution in [-0.4, -0.2) is 10.9 Å². The molecule has 0 aliphatic heterocycles. The minimum Gasteiger partial charge on any atom is -0.315 e. The molecule has 1 aliphatic carbocycles. The van der Waals surface area contributed by atoms with Crippen LogP contribution in [0.3, 0.4) is 0 Å². The lowest BCUT2D eigenvalue weighted by Gasteiger charge is -2.11. The number of aryl methyl sites for hydroxylation is 1. The molecule has 1 saturated carbocycles. The van der Waals surface area contributed by atoms with Gasteiger partial charge in [0, 0.05) is 12.6 Å². The van der Waals surface area contributed by atoms with E-state index in [0.717, 1.165) is 5.56 Å². The van der Waals surface area contributed by atoms with Crippen molar-refractivity contribution in [3.05, 3.63) is 29.6 Å². The van der Waals surface area contributed by atoms with Gasteiger partial charge in [-0.15, -0.1) is 0 Å². The number of hydrogen-bond donors (Lipinski definition) is 1. The number of nitrogens with two attached hydrogens (primary N) is 1. The van der Waals surface area contributed by atoms with Crippen LogP contribution in [0, 0.1) is 6.92 Å². The quantitative estimate of drug-likeness (QED) is 0.719. The minimum atomic E-state index is -2.79. The third kappa shape index (κ3) is 1.05. The number of nitrogens with zero attached hydrogens (tertiary/aromatic N) is 1. The Bertz CT molecular complexity index is 351. The van der Waals surface area contributed by atoms with E-state index in [1.54, 1.807) is 19.1 Å². The number of rotatable bonds is 1. The van der Waals surface area contributed by atoms with Crippen molar-refractivity contribution in [2.24, 2.45) is 5.73 Å². The Morgan fingerprint density at radius 3 is 2.62 bits per heavy atom. The summed E-state index contributed by atoms with van der Waals surface area (Å²) >= 11 is 0. The molecule has 0 aromatic carbocycles. The Morgan fingerprint density at radius 2 is 2.15 bits per heavy atom. The van der Waals surface area contributed by atoms with Crippen molar-refractivity contribution in [1.29, 1.82) is 0 Å². The molecule has 0 bridgehead atoms. The first-order chi connectivity index (χ1) is 5.97. The highest BCUT2D eigenvalue weighted by molar-refractivity contribution is 5.35. The number of aromatic nitrogens is 1. The van der Waals surface area contributed by atoms with E-state index >= 15 is 0 Å². The van der Waals surface area contributed by atoms with Gasteiger partial charge in [0.25, 0.3) is 5.92 Å². The largest absolute Gasteiger partial charge is 0.315 e. The average Bonchev–Trinajstić information content (AvgIpc) is 2.53. The fourth-order valence-electron chi connectivity index (χ4n) is 1.52. The van der Waals surface area contributed by atoms with Crippen molar-refractivity contribution in [2.75, 3.05) is 0 Å². The molecule has 1 atom stereocenters. The van der Waals surface area contributed by atoms with E-state index in [2.05, 4.69) is 4.98 Å². The fourth-order valence-corrected chi connectivity index (χ4v) is 1.52. The Morgan fingerprint density at radius 1 is 1.54 bits per heavy atom. The summed E-state index contributed by atoms with van der Waals surface area (Å²) in [7, 11) is 0. The second kappa shape index (κ2) is 2.26. The molecule has 2 nitrogen and oxygen atoms in total. The number of hydrogen-bond acceptors (Lipinski definition) is 2. The molecule has 1 aliphatic rings. The van der Waals surface area contributed by atoms with Crippen molar-refractivity contribution in [3.63, 3.8) is 0 Å². The van der Waals surface area contributed by atoms with Gasteiger partial charge >= 0.3 is 0 Å². The summed E-state index contributed by atoms with van der Waals surface area (Å²) in [4.78, 5) is 3.90. The Labute approximate surface area is 74.8 Å². The molecule has 1 fully saturated rings. The summed E-state index contributed by atoms with van der Waals surface area (Å²) in [6.07, 6.45) is 1.20. The van der Waals surface area contributed by atoms with Gasteiger partial charge in [0.2, 0.25) is 0 Å². The third-order valence-corrected chi connectivity index (χ3v) is 2.46. The smallest absolute Gasteiger partial charge is 0.273 e. The molecule has 70 valence electrons. The maximum absolute atomic E-state index is 12.9. The molecule has 1 aromatic rings. The Balaban J connectivity index is 2.44. The summed E-state index contributed by atoms with van der Waals surface area (Å²) in [6.45, 7) is 1.74. The maximum Gasteiger partial charge on any atom is 0.273 e. The first-order valence-corrected chi connectivity index (χ1v) is 4.06. The van der Waals surface area contributed by atoms with Crippen LogP contribution in [-0.2, 0) is 5.54 Å². The standard InChI is InChI=1S/C9H10F2N2/c1-6-3-2-4-13-7(6)8(12)5-9(8,10)11/h2-4H,5,12H2,1H3. The maximum atomic E-state index is 12.9. The molecule has 2 N–H and O–H groups in total. The molecule has 13 heavy (non-hydrogen) atoms. The second-order valence-electron chi connectivity index (χ2n) is 3.52. The second-order valence-corrected chi connectivity index (χ2v) is 3.52. The van der Waals surface area contributed by atoms with E-state index in [4.69, 9.17) is 5.73 Å². The van der Waals surface area contributed by atoms with Gasteiger partial charge in [-0.2, -0.15) is 0 Å². The molecule has 2 rings (SSSR count). The van der Waals surface area contributed by atoms with E-state index < -0.39 is 11.5 Å². The monoisotopic (exact) mass is 184 g/mol. The SMILES string of the molecule is Cc1cccnc1C1(N)CC1(F)F. The lowest BCUT2D eigenvalue weighted by Crippen LogP contribution is -2.29. The van der Waals surface area contributed by atoms with Gasteiger partial charge < -0.3 is 5.73 Å². The van der Waals surface area contributed by atoms with Crippen LogP contribution < -0.4 is 5.73 Å². The molecule has 1 heterocycles. The van der Waals surface area contributed by atoms with Gasteiger partial charge in [-0.3, -0.25) is 4.98 Å². The zero-order chi connectivity index (χ0) is 9.69. The van der Waals surface area contributed by atoms with E-state index in [9.17, 15) is 8.78 Å². The lowest BCUT2D eigenvalue weighted by atomic mass is 10.1. The van der Waals surface area contributed by atoms with Crippen LogP contribution in [0.25, 0.3) is 0 Å². The van der Waals surface area contributed by atoms with Gasteiger partial charge in [0.05, 0.1) is 5.69 Å². The summed E-state index contributed by atoms with van der Waals surface area (Å²) in [5.74, 6) is -2.79. The molecule has 1 unspecified atom stereocenters. The molecular weight excluding hydrogens is 174 g/mol. The molecule has 0 spiro atoms. The van der Waals surface area contributed by atoms with E-state index in [0.29, 0.717) is 5.69 Å². The highest BCUT2D eigenvalue weighted by atomic mass is 19.3. The number of halogens is 2. The first-order valence-electron chi connectivity index (χ1n) is 4.06. The van der Waals surface area contributed by atoms with Crippen molar-refractivity contribution in [2.45, 2.75) is 24.8 Å². The predicted octanol–water partition coefficient (Wildman–Crippen LogP) is 1.58. The van der Waals surface area contributed by atoms with Gasteiger partial charge in [0.1, 0.15) is 5.54 Å². The van der Waals surface area contributed by atoms with Crippen LogP contribution in [0.4, 0.5) is 8.78 Å². The van der Waals surface area contributed by atoms with Crippen molar-refractivity contribution < 1.29 is 8.78 Å². The zero-order valence-electron chi connectivity index (χ0n) is 7.22. The topological polar surface area (TPSA) is 38.9 Å². The van der Waals surface area contributed by atoms with Crippen LogP contribution in [0.15, 0.2) is 18.3 Å². The summed E-state index contributed by atoms with van der Waals surface area (Å²) in [5.41, 5.74) is 5.06. The van der Waals surface area contributed by atoms with Crippen LogP contribution >= 0.6 is 0 Å². The normalized spacial score (nSPS) is 30.2. The first kappa shape index (κ1) is 8.56. The predicted molar refractivity (Wildman–Crippen MR) is 44.4 cm³/mol. The van der Waals surface area contributed by atoms with Crippen molar-refractivity contribution in [1.82, 2.24) is 4.98 Å². The average molecular weight is 184 g/mol. The van der Waals surface area contributed by atoms with Crippen molar-refractivity contribution >= 4 is 0 Å². The summed E-state index contributed by atoms with van der Waals surface area (Å²) in [5, 5.41) is 0. The number of alkyl halides is 2. The molecule has 0 amide bonds. The van der Waals surface area contributed by atoms with Crippen LogP contribution in [0.1, 0.15) is 17.7 Å². The molecule has 0 saturated heterocycles. The lowest BCUT2D eigenvalue weighted by molar-refractivity contribution is 0.0879. The van der Waals surface area contributed by atoms with E-state index in [1.165, 1.54) is 6.20 Å². The highest BCUT2D eigenvalue weighted by Gasteiger charge is 2.71. The van der Waals surface area contributed by atoms with Crippen LogP contribution in [0.2, 0.25) is 0 Å². The van der Waals surface area contributed by atoms with Gasteiger partial charge in [-0.05, 0) is 18.6 Å². The zero-order valence-corrected chi connectivity index (χ0v) is 7.22. The van der Waals surface area contributed by atoms with E-state index in [1.807, 2.05) is 0 Å². The highest BCUT2D eigenvalue weighted by Crippen LogP contribution is 2.57. The summed E-state index contributed by atoms with van der Waals surface area (Å²) < 4.78 is 25.8. The number of pyridine rings is 1. The fraction of sp³-hybridized carbons (Fsp3) is 0.444. The van der Waals surface area contributed by atoms with Gasteiger partial charge in [-0.1, -0.05) is 6.07 Å². The molecular formula is C9H10F2N2. The van der Waals surface area contributed by atoms with Crippen LogP contribution in [0.5, 0.6) is 0 Å². The third-order valence-electron chi connectivity index (χ3n) is 2.46. The minimum absolute atomic E-state index is 0.294. The van der Waals surface area contributed by atoms with E-state index in [-0.39, 0.29) is 6.42 Å². The Hall–Kier alpha value is -1.03. The van der Waals surface area contributed by atoms with Gasteiger partial charge in [0.15, 0.2) is 0 Å².